The van der Waals surface area contributed by atoms with E-state index < -0.39 is 0 Å². The lowest BCUT2D eigenvalue weighted by molar-refractivity contribution is 0.0951. The van der Waals surface area contributed by atoms with Crippen LogP contribution in [-0.2, 0) is 6.54 Å². The zero-order valence-corrected chi connectivity index (χ0v) is 10.2. The van der Waals surface area contributed by atoms with Crippen molar-refractivity contribution in [3.05, 3.63) is 53.3 Å². The van der Waals surface area contributed by atoms with Gasteiger partial charge in [0.25, 0.3) is 5.91 Å². The van der Waals surface area contributed by atoms with Gasteiger partial charge in [-0.3, -0.25) is 9.89 Å². The summed E-state index contributed by atoms with van der Waals surface area (Å²) in [6, 6.07) is 7.49. The van der Waals surface area contributed by atoms with Crippen LogP contribution in [0.2, 0.25) is 0 Å². The van der Waals surface area contributed by atoms with Crippen molar-refractivity contribution >= 4 is 5.91 Å². The number of aromatic amines is 1. The van der Waals surface area contributed by atoms with E-state index in [1.807, 2.05) is 24.3 Å². The van der Waals surface area contributed by atoms with Crippen LogP contribution in [0, 0.1) is 11.8 Å². The monoisotopic (exact) mass is 255 g/mol. The van der Waals surface area contributed by atoms with Crippen molar-refractivity contribution < 1.29 is 9.90 Å². The molecule has 96 valence electrons. The smallest absolute Gasteiger partial charge is 0.254 e. The molecule has 0 atom stereocenters. The summed E-state index contributed by atoms with van der Waals surface area (Å²) >= 11 is 0. The first kappa shape index (κ1) is 12.9. The number of carbonyl (C=O) groups is 1. The number of nitrogens with one attached hydrogen (secondary N) is 2. The van der Waals surface area contributed by atoms with Gasteiger partial charge >= 0.3 is 0 Å². The van der Waals surface area contributed by atoms with Crippen LogP contribution in [0.15, 0.2) is 36.7 Å². The number of nitrogens with zero attached hydrogens (tertiary/aromatic N) is 1. The largest absolute Gasteiger partial charge is 0.384 e. The molecule has 0 aliphatic heterocycles. The highest BCUT2D eigenvalue weighted by Crippen LogP contribution is 2.04. The maximum atomic E-state index is 11.7. The SMILES string of the molecule is O=C(NCc1cccc(C#CCO)c1)c1cn[nH]c1. The number of benzene rings is 1. The van der Waals surface area contributed by atoms with Crippen molar-refractivity contribution in [1.29, 1.82) is 0 Å². The van der Waals surface area contributed by atoms with E-state index in [0.717, 1.165) is 11.1 Å². The summed E-state index contributed by atoms with van der Waals surface area (Å²) in [4.78, 5) is 11.7. The van der Waals surface area contributed by atoms with Crippen molar-refractivity contribution in [2.24, 2.45) is 0 Å². The lowest BCUT2D eigenvalue weighted by atomic mass is 10.1. The number of aromatic nitrogens is 2. The van der Waals surface area contributed by atoms with Crippen molar-refractivity contribution in [1.82, 2.24) is 15.5 Å². The Balaban J connectivity index is 1.98. The van der Waals surface area contributed by atoms with Crippen LogP contribution >= 0.6 is 0 Å². The Bertz CT molecular complexity index is 609. The minimum absolute atomic E-state index is 0.165. The van der Waals surface area contributed by atoms with Gasteiger partial charge in [-0.1, -0.05) is 24.0 Å². The molecule has 5 nitrogen and oxygen atoms in total. The zero-order valence-electron chi connectivity index (χ0n) is 10.2. The molecule has 0 saturated heterocycles. The predicted molar refractivity (Wildman–Crippen MR) is 70.2 cm³/mol. The Hall–Kier alpha value is -2.58. The normalized spacial score (nSPS) is 9.53. The van der Waals surface area contributed by atoms with Gasteiger partial charge in [0.1, 0.15) is 6.61 Å². The number of aliphatic hydroxyl groups excluding tert-OH is 1. The molecule has 0 aliphatic carbocycles. The van der Waals surface area contributed by atoms with Gasteiger partial charge in [-0.25, -0.2) is 0 Å². The van der Waals surface area contributed by atoms with E-state index in [9.17, 15) is 4.79 Å². The average Bonchev–Trinajstić information content (AvgIpc) is 2.97. The molecule has 1 aromatic heterocycles. The van der Waals surface area contributed by atoms with Crippen molar-refractivity contribution in [2.75, 3.05) is 6.61 Å². The van der Waals surface area contributed by atoms with E-state index in [0.29, 0.717) is 12.1 Å². The molecule has 0 saturated carbocycles. The van der Waals surface area contributed by atoms with Gasteiger partial charge in [0.2, 0.25) is 0 Å². The van der Waals surface area contributed by atoms with Crippen LogP contribution < -0.4 is 5.32 Å². The molecular weight excluding hydrogens is 242 g/mol. The molecule has 2 rings (SSSR count). The summed E-state index contributed by atoms with van der Waals surface area (Å²) in [5.74, 6) is 5.23. The van der Waals surface area contributed by atoms with Gasteiger partial charge in [0.15, 0.2) is 0 Å². The maximum absolute atomic E-state index is 11.7. The average molecular weight is 255 g/mol. The van der Waals surface area contributed by atoms with E-state index >= 15 is 0 Å². The molecule has 1 aromatic carbocycles. The summed E-state index contributed by atoms with van der Waals surface area (Å²) in [6.07, 6.45) is 3.01. The van der Waals surface area contributed by atoms with E-state index in [-0.39, 0.29) is 12.5 Å². The quantitative estimate of drug-likeness (QED) is 0.706. The van der Waals surface area contributed by atoms with Crippen molar-refractivity contribution in [3.8, 4) is 11.8 Å². The first-order chi connectivity index (χ1) is 9.29. The van der Waals surface area contributed by atoms with Crippen molar-refractivity contribution in [2.45, 2.75) is 6.54 Å². The minimum Gasteiger partial charge on any atom is -0.384 e. The van der Waals surface area contributed by atoms with Gasteiger partial charge in [-0.2, -0.15) is 5.10 Å². The second kappa shape index (κ2) is 6.38. The summed E-state index contributed by atoms with van der Waals surface area (Å²) in [6.45, 7) is 0.250. The molecule has 3 N–H and O–H groups in total. The molecule has 1 amide bonds. The maximum Gasteiger partial charge on any atom is 0.254 e. The van der Waals surface area contributed by atoms with Crippen LogP contribution in [0.5, 0.6) is 0 Å². The third-order valence-corrected chi connectivity index (χ3v) is 2.45. The highest BCUT2D eigenvalue weighted by Gasteiger charge is 2.05. The van der Waals surface area contributed by atoms with Crippen LogP contribution in [0.1, 0.15) is 21.5 Å². The molecule has 0 bridgehead atoms. The Morgan fingerprint density at radius 2 is 2.37 bits per heavy atom. The molecule has 0 radical (unpaired) electrons. The second-order valence-corrected chi connectivity index (χ2v) is 3.83. The molecular formula is C14H13N3O2. The number of hydrogen-bond acceptors (Lipinski definition) is 3. The van der Waals surface area contributed by atoms with Crippen LogP contribution in [-0.4, -0.2) is 27.8 Å². The zero-order chi connectivity index (χ0) is 13.5. The minimum atomic E-state index is -0.180. The van der Waals surface area contributed by atoms with Gasteiger partial charge < -0.3 is 10.4 Å². The number of amides is 1. The lowest BCUT2D eigenvalue weighted by Gasteiger charge is -2.04. The molecule has 0 fully saturated rings. The van der Waals surface area contributed by atoms with Gasteiger partial charge in [-0.15, -0.1) is 0 Å². The topological polar surface area (TPSA) is 78.0 Å². The molecule has 0 aliphatic rings. The van der Waals surface area contributed by atoms with E-state index in [2.05, 4.69) is 27.4 Å². The van der Waals surface area contributed by atoms with Crippen LogP contribution in [0.25, 0.3) is 0 Å². The Labute approximate surface area is 110 Å². The fourth-order valence-electron chi connectivity index (χ4n) is 1.56. The number of carbonyl (C=O) groups excluding carboxylic acids is 1. The molecule has 1 heterocycles. The standard InChI is InChI=1S/C14H13N3O2/c18-6-2-5-11-3-1-4-12(7-11)8-15-14(19)13-9-16-17-10-13/h1,3-4,7,9-10,18H,6,8H2,(H,15,19)(H,16,17). The fraction of sp³-hybridized carbons (Fsp3) is 0.143. The molecule has 19 heavy (non-hydrogen) atoms. The molecule has 2 aromatic rings. The van der Waals surface area contributed by atoms with E-state index in [1.54, 1.807) is 6.20 Å². The highest BCUT2D eigenvalue weighted by molar-refractivity contribution is 5.93. The van der Waals surface area contributed by atoms with E-state index in [4.69, 9.17) is 5.11 Å². The van der Waals surface area contributed by atoms with Crippen LogP contribution in [0.4, 0.5) is 0 Å². The van der Waals surface area contributed by atoms with Gasteiger partial charge in [-0.05, 0) is 17.7 Å². The number of hydrogen-bond donors (Lipinski definition) is 3. The van der Waals surface area contributed by atoms with Crippen molar-refractivity contribution in [3.63, 3.8) is 0 Å². The van der Waals surface area contributed by atoms with Gasteiger partial charge in [0.05, 0.1) is 11.8 Å². The Morgan fingerprint density at radius 3 is 3.11 bits per heavy atom. The highest BCUT2D eigenvalue weighted by atomic mass is 16.2. The summed E-state index contributed by atoms with van der Waals surface area (Å²) in [5.41, 5.74) is 2.25. The number of rotatable bonds is 3. The Morgan fingerprint density at radius 1 is 1.47 bits per heavy atom. The van der Waals surface area contributed by atoms with Gasteiger partial charge in [0, 0.05) is 18.3 Å². The second-order valence-electron chi connectivity index (χ2n) is 3.83. The molecule has 5 heteroatoms. The summed E-state index contributed by atoms with van der Waals surface area (Å²) < 4.78 is 0. The van der Waals surface area contributed by atoms with Crippen LogP contribution in [0.3, 0.4) is 0 Å². The predicted octanol–water partition coefficient (Wildman–Crippen LogP) is 0.683. The first-order valence-electron chi connectivity index (χ1n) is 5.75. The number of H-pyrrole nitrogens is 1. The Kier molecular flexibility index (Phi) is 4.32. The lowest BCUT2D eigenvalue weighted by Crippen LogP contribution is -2.22. The van der Waals surface area contributed by atoms with E-state index in [1.165, 1.54) is 6.20 Å². The molecule has 0 unspecified atom stereocenters. The fourth-order valence-corrected chi connectivity index (χ4v) is 1.56. The molecule has 0 spiro atoms. The first-order valence-corrected chi connectivity index (χ1v) is 5.75. The third-order valence-electron chi connectivity index (χ3n) is 2.45. The summed E-state index contributed by atoms with van der Waals surface area (Å²) in [7, 11) is 0. The summed E-state index contributed by atoms with van der Waals surface area (Å²) in [5, 5.41) is 17.7. The third kappa shape index (κ3) is 3.69. The number of aliphatic hydroxyl groups is 1.